The highest BCUT2D eigenvalue weighted by atomic mass is 16.6. The van der Waals surface area contributed by atoms with Gasteiger partial charge in [-0.15, -0.1) is 0 Å². The van der Waals surface area contributed by atoms with Gasteiger partial charge >= 0.3 is 6.09 Å². The van der Waals surface area contributed by atoms with E-state index in [1.54, 1.807) is 13.2 Å². The molecule has 2 rings (SSSR count). The number of amides is 1. The van der Waals surface area contributed by atoms with E-state index in [0.717, 1.165) is 22.3 Å². The Morgan fingerprint density at radius 2 is 1.73 bits per heavy atom. The van der Waals surface area contributed by atoms with E-state index < -0.39 is 6.09 Å². The Morgan fingerprint density at radius 3 is 2.35 bits per heavy atom. The normalized spacial score (nSPS) is 10.5. The molecule has 0 aliphatic rings. The number of benzene rings is 2. The molecule has 0 radical (unpaired) electrons. The minimum atomic E-state index is -0.727. The molecule has 26 heavy (non-hydrogen) atoms. The third-order valence-corrected chi connectivity index (χ3v) is 3.71. The lowest BCUT2D eigenvalue weighted by molar-refractivity contribution is 0.200. The van der Waals surface area contributed by atoms with Gasteiger partial charge in [-0.25, -0.2) is 10.6 Å². The maximum absolute atomic E-state index is 11.6. The lowest BCUT2D eigenvalue weighted by atomic mass is 10.0. The molecule has 0 spiro atoms. The van der Waals surface area contributed by atoms with Gasteiger partial charge in [-0.2, -0.15) is 0 Å². The zero-order valence-corrected chi connectivity index (χ0v) is 15.3. The van der Waals surface area contributed by atoms with Crippen molar-refractivity contribution in [3.8, 4) is 11.5 Å². The van der Waals surface area contributed by atoms with Crippen molar-refractivity contribution in [2.45, 2.75) is 20.3 Å². The highest BCUT2D eigenvalue weighted by molar-refractivity contribution is 5.74. The fraction of sp³-hybridized carbons (Fsp3) is 0.190. The van der Waals surface area contributed by atoms with Crippen molar-refractivity contribution in [2.24, 2.45) is 5.84 Å². The number of hydrogen-bond donors (Lipinski definition) is 2. The zero-order valence-electron chi connectivity index (χ0n) is 15.3. The smallest absolute Gasteiger partial charge is 0.426 e. The summed E-state index contributed by atoms with van der Waals surface area (Å²) in [5.41, 5.74) is 5.86. The second-order valence-corrected chi connectivity index (χ2v) is 5.96. The van der Waals surface area contributed by atoms with Crippen molar-refractivity contribution in [3.63, 3.8) is 0 Å². The first-order valence-electron chi connectivity index (χ1n) is 8.29. The van der Waals surface area contributed by atoms with E-state index in [-0.39, 0.29) is 0 Å². The first-order chi connectivity index (χ1) is 12.5. The standard InChI is InChI=1S/C21H24N2O3/c1-15(2)9-12-18-19(25-3)13-17(14-20(18)26-21(24)23-22)11-10-16-7-5-4-6-8-16/h4-11,13-14H,12,22H2,1-3H3,(H,23,24). The number of carbonyl (C=O) groups excluding carboxylic acids is 1. The van der Waals surface area contributed by atoms with Gasteiger partial charge in [0.2, 0.25) is 0 Å². The fourth-order valence-corrected chi connectivity index (χ4v) is 2.40. The number of hydrogen-bond acceptors (Lipinski definition) is 4. The molecule has 0 unspecified atom stereocenters. The summed E-state index contributed by atoms with van der Waals surface area (Å²) in [7, 11) is 1.60. The quantitative estimate of drug-likeness (QED) is 0.267. The van der Waals surface area contributed by atoms with Gasteiger partial charge in [0.05, 0.1) is 7.11 Å². The Morgan fingerprint density at radius 1 is 1.08 bits per heavy atom. The Hall–Kier alpha value is -3.05. The Balaban J connectivity index is 2.43. The number of rotatable bonds is 6. The maximum atomic E-state index is 11.6. The number of nitrogens with two attached hydrogens (primary N) is 1. The number of ether oxygens (including phenoxy) is 2. The van der Waals surface area contributed by atoms with Crippen LogP contribution in [0.25, 0.3) is 12.2 Å². The molecule has 1 amide bonds. The molecule has 2 aromatic carbocycles. The zero-order chi connectivity index (χ0) is 18.9. The van der Waals surface area contributed by atoms with Crippen LogP contribution in [0.5, 0.6) is 11.5 Å². The summed E-state index contributed by atoms with van der Waals surface area (Å²) >= 11 is 0. The minimum Gasteiger partial charge on any atom is -0.496 e. The van der Waals surface area contributed by atoms with Crippen LogP contribution in [-0.4, -0.2) is 13.2 Å². The van der Waals surface area contributed by atoms with Crippen LogP contribution in [0.2, 0.25) is 0 Å². The Kier molecular flexibility index (Phi) is 7.00. The van der Waals surface area contributed by atoms with Crippen LogP contribution in [-0.2, 0) is 6.42 Å². The largest absolute Gasteiger partial charge is 0.496 e. The summed E-state index contributed by atoms with van der Waals surface area (Å²) in [6.07, 6.45) is 5.83. The van der Waals surface area contributed by atoms with Crippen LogP contribution >= 0.6 is 0 Å². The highest BCUT2D eigenvalue weighted by Crippen LogP contribution is 2.32. The lowest BCUT2D eigenvalue weighted by Gasteiger charge is -2.14. The monoisotopic (exact) mass is 352 g/mol. The maximum Gasteiger partial charge on any atom is 0.426 e. The summed E-state index contributed by atoms with van der Waals surface area (Å²) < 4.78 is 10.9. The average molecular weight is 352 g/mol. The van der Waals surface area contributed by atoms with Gasteiger partial charge in [0, 0.05) is 5.56 Å². The van der Waals surface area contributed by atoms with Crippen LogP contribution in [0.4, 0.5) is 4.79 Å². The molecule has 0 bridgehead atoms. The average Bonchev–Trinajstić information content (AvgIpc) is 2.65. The molecule has 5 heteroatoms. The van der Waals surface area contributed by atoms with Crippen LogP contribution in [0.1, 0.15) is 30.5 Å². The van der Waals surface area contributed by atoms with Crippen molar-refractivity contribution in [1.29, 1.82) is 0 Å². The van der Waals surface area contributed by atoms with Crippen molar-refractivity contribution in [2.75, 3.05) is 7.11 Å². The third kappa shape index (κ3) is 5.50. The van der Waals surface area contributed by atoms with Crippen molar-refractivity contribution < 1.29 is 14.3 Å². The van der Waals surface area contributed by atoms with E-state index in [1.165, 1.54) is 0 Å². The summed E-state index contributed by atoms with van der Waals surface area (Å²) in [5.74, 6) is 6.22. The Bertz CT molecular complexity index is 808. The van der Waals surface area contributed by atoms with Gasteiger partial charge in [-0.3, -0.25) is 5.43 Å². The molecule has 2 aromatic rings. The number of nitrogens with one attached hydrogen (secondary N) is 1. The lowest BCUT2D eigenvalue weighted by Crippen LogP contribution is -2.33. The second kappa shape index (κ2) is 9.44. The van der Waals surface area contributed by atoms with Gasteiger partial charge in [0.15, 0.2) is 0 Å². The molecule has 0 atom stereocenters. The van der Waals surface area contributed by atoms with Gasteiger partial charge in [0.25, 0.3) is 0 Å². The van der Waals surface area contributed by atoms with Crippen LogP contribution in [0, 0.1) is 0 Å². The number of hydrazine groups is 1. The molecule has 0 fully saturated rings. The Labute approximate surface area is 154 Å². The summed E-state index contributed by atoms with van der Waals surface area (Å²) in [6.45, 7) is 4.02. The number of methoxy groups -OCH3 is 1. The molecule has 0 saturated carbocycles. The number of carbonyl (C=O) groups is 1. The van der Waals surface area contributed by atoms with E-state index in [2.05, 4.69) is 0 Å². The van der Waals surface area contributed by atoms with Gasteiger partial charge in [-0.05, 0) is 43.5 Å². The molecule has 0 aromatic heterocycles. The predicted molar refractivity (Wildman–Crippen MR) is 105 cm³/mol. The molecular weight excluding hydrogens is 328 g/mol. The van der Waals surface area contributed by atoms with Gasteiger partial charge in [-0.1, -0.05) is 54.1 Å². The number of allylic oxidation sites excluding steroid dienone is 2. The van der Waals surface area contributed by atoms with Crippen molar-refractivity contribution in [3.05, 3.63) is 70.8 Å². The molecule has 136 valence electrons. The summed E-state index contributed by atoms with van der Waals surface area (Å²) in [5, 5.41) is 0. The highest BCUT2D eigenvalue weighted by Gasteiger charge is 2.14. The van der Waals surface area contributed by atoms with Gasteiger partial charge in [0.1, 0.15) is 11.5 Å². The molecule has 0 saturated heterocycles. The molecule has 3 N–H and O–H groups in total. The van der Waals surface area contributed by atoms with Crippen LogP contribution < -0.4 is 20.7 Å². The SMILES string of the molecule is COc1cc(C=Cc2ccccc2)cc(OC(=O)NN)c1CC=C(C)C. The van der Waals surface area contributed by atoms with Crippen LogP contribution in [0.15, 0.2) is 54.1 Å². The van der Waals surface area contributed by atoms with Crippen molar-refractivity contribution in [1.82, 2.24) is 5.43 Å². The topological polar surface area (TPSA) is 73.6 Å². The van der Waals surface area contributed by atoms with Crippen molar-refractivity contribution >= 4 is 18.2 Å². The third-order valence-electron chi connectivity index (χ3n) is 3.71. The van der Waals surface area contributed by atoms with Gasteiger partial charge < -0.3 is 9.47 Å². The van der Waals surface area contributed by atoms with E-state index >= 15 is 0 Å². The van der Waals surface area contributed by atoms with E-state index in [0.29, 0.717) is 17.9 Å². The second-order valence-electron chi connectivity index (χ2n) is 5.96. The van der Waals surface area contributed by atoms with E-state index in [4.69, 9.17) is 15.3 Å². The first-order valence-corrected chi connectivity index (χ1v) is 8.29. The van der Waals surface area contributed by atoms with Crippen LogP contribution in [0.3, 0.4) is 0 Å². The predicted octanol–water partition coefficient (Wildman–Crippen LogP) is 4.34. The molecule has 0 aliphatic heterocycles. The molecular formula is C21H24N2O3. The molecule has 0 heterocycles. The molecule has 0 aliphatic carbocycles. The minimum absolute atomic E-state index is 0.414. The van der Waals surface area contributed by atoms with E-state index in [9.17, 15) is 4.79 Å². The fourth-order valence-electron chi connectivity index (χ4n) is 2.40. The molecule has 5 nitrogen and oxygen atoms in total. The first kappa shape index (κ1) is 19.3. The van der Waals surface area contributed by atoms with E-state index in [1.807, 2.05) is 73.9 Å². The summed E-state index contributed by atoms with van der Waals surface area (Å²) in [4.78, 5) is 11.6. The summed E-state index contributed by atoms with van der Waals surface area (Å²) in [6, 6.07) is 13.7.